The van der Waals surface area contributed by atoms with E-state index in [0.29, 0.717) is 16.9 Å². The number of benzene rings is 1. The predicted octanol–water partition coefficient (Wildman–Crippen LogP) is 3.13. The van der Waals surface area contributed by atoms with Gasteiger partial charge in [-0.1, -0.05) is 0 Å². The molecule has 0 saturated heterocycles. The van der Waals surface area contributed by atoms with E-state index in [1.54, 1.807) is 30.3 Å². The molecule has 0 unspecified atom stereocenters. The molecule has 0 bridgehead atoms. The highest BCUT2D eigenvalue weighted by atomic mass is 19.1. The van der Waals surface area contributed by atoms with Gasteiger partial charge < -0.3 is 9.52 Å². The molecule has 0 spiro atoms. The van der Waals surface area contributed by atoms with Crippen LogP contribution >= 0.6 is 0 Å². The van der Waals surface area contributed by atoms with Gasteiger partial charge in [0.1, 0.15) is 23.7 Å². The number of hydrogen-bond donors (Lipinski definition) is 1. The Hall–Kier alpha value is -2.20. The molecule has 0 atom stereocenters. The lowest BCUT2D eigenvalue weighted by Crippen LogP contribution is -1.83. The van der Waals surface area contributed by atoms with Crippen LogP contribution < -0.4 is 0 Å². The number of aromatic nitrogens is 1. The SMILES string of the molecule is OCc1cc2nc(-c3ccc(F)cc3)ccc2o1. The van der Waals surface area contributed by atoms with Crippen LogP contribution in [0.25, 0.3) is 22.4 Å². The van der Waals surface area contributed by atoms with E-state index >= 15 is 0 Å². The third-order valence-electron chi connectivity index (χ3n) is 2.72. The number of aliphatic hydroxyl groups is 1. The van der Waals surface area contributed by atoms with E-state index in [9.17, 15) is 4.39 Å². The standard InChI is InChI=1S/C14H10FNO2/c15-10-3-1-9(2-4-10)12-5-6-14-13(16-12)7-11(8-17)18-14/h1-7,17H,8H2. The average molecular weight is 243 g/mol. The maximum atomic E-state index is 12.8. The minimum atomic E-state index is -0.272. The van der Waals surface area contributed by atoms with Crippen LogP contribution in [0.2, 0.25) is 0 Å². The molecule has 0 amide bonds. The third-order valence-corrected chi connectivity index (χ3v) is 2.72. The molecular formula is C14H10FNO2. The van der Waals surface area contributed by atoms with Crippen LogP contribution in [0.3, 0.4) is 0 Å². The van der Waals surface area contributed by atoms with Crippen molar-refractivity contribution in [2.75, 3.05) is 0 Å². The average Bonchev–Trinajstić information content (AvgIpc) is 2.81. The van der Waals surface area contributed by atoms with Gasteiger partial charge in [-0.25, -0.2) is 9.37 Å². The molecular weight excluding hydrogens is 233 g/mol. The van der Waals surface area contributed by atoms with Crippen LogP contribution in [0.5, 0.6) is 0 Å². The van der Waals surface area contributed by atoms with E-state index in [1.807, 2.05) is 0 Å². The van der Waals surface area contributed by atoms with Crippen LogP contribution in [-0.4, -0.2) is 10.1 Å². The van der Waals surface area contributed by atoms with Gasteiger partial charge in [0.05, 0.1) is 5.69 Å². The summed E-state index contributed by atoms with van der Waals surface area (Å²) < 4.78 is 18.2. The molecule has 3 nitrogen and oxygen atoms in total. The normalized spacial score (nSPS) is 11.0. The summed E-state index contributed by atoms with van der Waals surface area (Å²) in [5.74, 6) is 0.208. The maximum Gasteiger partial charge on any atom is 0.152 e. The lowest BCUT2D eigenvalue weighted by molar-refractivity contribution is 0.251. The molecule has 0 radical (unpaired) electrons. The van der Waals surface area contributed by atoms with E-state index in [1.165, 1.54) is 12.1 Å². The summed E-state index contributed by atoms with van der Waals surface area (Å²) in [5.41, 5.74) is 2.89. The molecule has 3 rings (SSSR count). The molecule has 4 heteroatoms. The summed E-state index contributed by atoms with van der Waals surface area (Å²) in [5, 5.41) is 8.99. The summed E-state index contributed by atoms with van der Waals surface area (Å²) in [6, 6.07) is 11.4. The van der Waals surface area contributed by atoms with E-state index < -0.39 is 0 Å². The molecule has 90 valence electrons. The minimum absolute atomic E-state index is 0.151. The molecule has 2 heterocycles. The first-order valence-electron chi connectivity index (χ1n) is 5.52. The highest BCUT2D eigenvalue weighted by Crippen LogP contribution is 2.23. The summed E-state index contributed by atoms with van der Waals surface area (Å²) >= 11 is 0. The Morgan fingerprint density at radius 3 is 2.61 bits per heavy atom. The van der Waals surface area contributed by atoms with Crippen LogP contribution in [0.1, 0.15) is 5.76 Å². The van der Waals surface area contributed by atoms with Crippen molar-refractivity contribution >= 4 is 11.1 Å². The summed E-state index contributed by atoms with van der Waals surface area (Å²) in [4.78, 5) is 4.42. The van der Waals surface area contributed by atoms with Gasteiger partial charge in [0.25, 0.3) is 0 Å². The number of hydrogen-bond acceptors (Lipinski definition) is 3. The van der Waals surface area contributed by atoms with Crippen LogP contribution in [-0.2, 0) is 6.61 Å². The number of rotatable bonds is 2. The third kappa shape index (κ3) is 1.87. The molecule has 0 saturated carbocycles. The first kappa shape index (κ1) is 10.9. The van der Waals surface area contributed by atoms with E-state index in [4.69, 9.17) is 9.52 Å². The molecule has 0 aliphatic rings. The van der Waals surface area contributed by atoms with E-state index in [0.717, 1.165) is 11.3 Å². The maximum absolute atomic E-state index is 12.8. The Kier molecular flexibility index (Phi) is 2.57. The van der Waals surface area contributed by atoms with Crippen molar-refractivity contribution in [2.24, 2.45) is 0 Å². The highest BCUT2D eigenvalue weighted by Gasteiger charge is 2.06. The van der Waals surface area contributed by atoms with Crippen molar-refractivity contribution in [2.45, 2.75) is 6.61 Å². The monoisotopic (exact) mass is 243 g/mol. The van der Waals surface area contributed by atoms with Crippen LogP contribution in [0.4, 0.5) is 4.39 Å². The predicted molar refractivity (Wildman–Crippen MR) is 65.3 cm³/mol. The number of nitrogens with zero attached hydrogens (tertiary/aromatic N) is 1. The Balaban J connectivity index is 2.09. The molecule has 3 aromatic rings. The van der Waals surface area contributed by atoms with Crippen molar-refractivity contribution in [1.82, 2.24) is 4.98 Å². The van der Waals surface area contributed by atoms with Crippen molar-refractivity contribution in [3.05, 3.63) is 54.0 Å². The molecule has 0 fully saturated rings. The van der Waals surface area contributed by atoms with Crippen LogP contribution in [0, 0.1) is 5.82 Å². The fraction of sp³-hybridized carbons (Fsp3) is 0.0714. The largest absolute Gasteiger partial charge is 0.457 e. The second kappa shape index (κ2) is 4.23. The van der Waals surface area contributed by atoms with Gasteiger partial charge in [-0.15, -0.1) is 0 Å². The van der Waals surface area contributed by atoms with Crippen molar-refractivity contribution in [3.63, 3.8) is 0 Å². The van der Waals surface area contributed by atoms with Crippen LogP contribution in [0.15, 0.2) is 46.9 Å². The van der Waals surface area contributed by atoms with Gasteiger partial charge >= 0.3 is 0 Å². The van der Waals surface area contributed by atoms with Gasteiger partial charge in [-0.2, -0.15) is 0 Å². The molecule has 1 N–H and O–H groups in total. The quantitative estimate of drug-likeness (QED) is 0.752. The summed E-state index contributed by atoms with van der Waals surface area (Å²) in [6.07, 6.45) is 0. The number of pyridine rings is 1. The van der Waals surface area contributed by atoms with Crippen molar-refractivity contribution in [3.8, 4) is 11.3 Å². The van der Waals surface area contributed by atoms with Gasteiger partial charge in [-0.3, -0.25) is 0 Å². The first-order valence-corrected chi connectivity index (χ1v) is 5.52. The van der Waals surface area contributed by atoms with Crippen molar-refractivity contribution < 1.29 is 13.9 Å². The van der Waals surface area contributed by atoms with E-state index in [2.05, 4.69) is 4.98 Å². The van der Waals surface area contributed by atoms with Gasteiger partial charge in [0.15, 0.2) is 5.58 Å². The Morgan fingerprint density at radius 2 is 1.89 bits per heavy atom. The molecule has 0 aliphatic heterocycles. The van der Waals surface area contributed by atoms with E-state index in [-0.39, 0.29) is 12.4 Å². The lowest BCUT2D eigenvalue weighted by atomic mass is 10.1. The second-order valence-electron chi connectivity index (χ2n) is 3.96. The first-order chi connectivity index (χ1) is 8.76. The number of aliphatic hydroxyl groups excluding tert-OH is 1. The van der Waals surface area contributed by atoms with Gasteiger partial charge in [-0.05, 0) is 36.4 Å². The Bertz CT molecular complexity index is 689. The number of halogens is 1. The Morgan fingerprint density at radius 1 is 1.11 bits per heavy atom. The lowest BCUT2D eigenvalue weighted by Gasteiger charge is -2.00. The van der Waals surface area contributed by atoms with Crippen molar-refractivity contribution in [1.29, 1.82) is 0 Å². The van der Waals surface area contributed by atoms with Gasteiger partial charge in [0, 0.05) is 11.6 Å². The smallest absolute Gasteiger partial charge is 0.152 e. The highest BCUT2D eigenvalue weighted by molar-refractivity contribution is 5.77. The zero-order valence-electron chi connectivity index (χ0n) is 9.43. The molecule has 0 aliphatic carbocycles. The fourth-order valence-electron chi connectivity index (χ4n) is 1.83. The number of furan rings is 1. The molecule has 2 aromatic heterocycles. The summed E-state index contributed by atoms with van der Waals surface area (Å²) in [6.45, 7) is -0.151. The Labute approximate surface area is 103 Å². The second-order valence-corrected chi connectivity index (χ2v) is 3.96. The zero-order valence-corrected chi connectivity index (χ0v) is 9.43. The topological polar surface area (TPSA) is 46.3 Å². The zero-order chi connectivity index (χ0) is 12.5. The minimum Gasteiger partial charge on any atom is -0.457 e. The molecule has 1 aromatic carbocycles. The summed E-state index contributed by atoms with van der Waals surface area (Å²) in [7, 11) is 0. The molecule has 18 heavy (non-hydrogen) atoms. The fourth-order valence-corrected chi connectivity index (χ4v) is 1.83. The number of fused-ring (bicyclic) bond motifs is 1. The van der Waals surface area contributed by atoms with Gasteiger partial charge in [0.2, 0.25) is 0 Å².